The molecule has 0 aliphatic carbocycles. The van der Waals surface area contributed by atoms with E-state index < -0.39 is 33.5 Å². The summed E-state index contributed by atoms with van der Waals surface area (Å²) < 4.78 is 93.2. The highest BCUT2D eigenvalue weighted by molar-refractivity contribution is 8.23. The first kappa shape index (κ1) is 17.7. The van der Waals surface area contributed by atoms with Crippen LogP contribution in [0.3, 0.4) is 0 Å². The van der Waals surface area contributed by atoms with E-state index in [1.54, 1.807) is 0 Å². The zero-order valence-corrected chi connectivity index (χ0v) is 10.3. The van der Waals surface area contributed by atoms with Gasteiger partial charge in [0.15, 0.2) is 0 Å². The number of rotatable bonds is 4. The molecule has 0 N–H and O–H groups in total. The Bertz CT molecular complexity index is 274. The standard InChI is InChI=1S/C7H7F7O2S2/c1-15-2-3-16-4(17)18-5(8,6(9,10)11)7(12,13)14/h2-3H2,1H3. The molecule has 0 heterocycles. The van der Waals surface area contributed by atoms with Gasteiger partial charge >= 0.3 is 17.4 Å². The van der Waals surface area contributed by atoms with Crippen molar-refractivity contribution < 1.29 is 40.2 Å². The molecular formula is C7H7F7O2S2. The molecule has 0 aliphatic rings. The first-order valence-electron chi connectivity index (χ1n) is 4.12. The van der Waals surface area contributed by atoms with Crippen LogP contribution in [-0.4, -0.2) is 42.1 Å². The molecule has 0 atom stereocenters. The lowest BCUT2D eigenvalue weighted by Crippen LogP contribution is -2.51. The van der Waals surface area contributed by atoms with Crippen molar-refractivity contribution in [2.75, 3.05) is 20.3 Å². The highest BCUT2D eigenvalue weighted by Crippen LogP contribution is 2.53. The summed E-state index contributed by atoms with van der Waals surface area (Å²) in [5, 5.41) is -5.50. The number of ether oxygens (including phenoxy) is 2. The molecule has 0 amide bonds. The van der Waals surface area contributed by atoms with Crippen molar-refractivity contribution in [2.24, 2.45) is 0 Å². The van der Waals surface area contributed by atoms with E-state index in [1.165, 1.54) is 7.11 Å². The van der Waals surface area contributed by atoms with Gasteiger partial charge in [-0.1, -0.05) is 0 Å². The fraction of sp³-hybridized carbons (Fsp3) is 0.857. The average molecular weight is 320 g/mol. The van der Waals surface area contributed by atoms with Crippen molar-refractivity contribution >= 4 is 28.4 Å². The van der Waals surface area contributed by atoms with E-state index in [4.69, 9.17) is 0 Å². The molecule has 0 aromatic rings. The highest BCUT2D eigenvalue weighted by atomic mass is 32.2. The van der Waals surface area contributed by atoms with E-state index in [0.29, 0.717) is 0 Å². The van der Waals surface area contributed by atoms with Crippen LogP contribution in [0.25, 0.3) is 0 Å². The molecule has 0 bridgehead atoms. The lowest BCUT2D eigenvalue weighted by Gasteiger charge is -2.28. The molecule has 0 aliphatic heterocycles. The van der Waals surface area contributed by atoms with Crippen LogP contribution < -0.4 is 0 Å². The lowest BCUT2D eigenvalue weighted by atomic mass is 10.3. The maximum absolute atomic E-state index is 13.1. The van der Waals surface area contributed by atoms with Gasteiger partial charge in [0.05, 0.1) is 6.61 Å². The normalized spacial score (nSPS) is 13.6. The third-order valence-electron chi connectivity index (χ3n) is 1.46. The van der Waals surface area contributed by atoms with E-state index in [9.17, 15) is 30.7 Å². The summed E-state index contributed by atoms with van der Waals surface area (Å²) in [4.78, 5) is 0. The Balaban J connectivity index is 4.79. The van der Waals surface area contributed by atoms with E-state index in [1.807, 2.05) is 0 Å². The fourth-order valence-electron chi connectivity index (χ4n) is 0.629. The van der Waals surface area contributed by atoms with E-state index in [0.717, 1.165) is 0 Å². The second-order valence-electron chi connectivity index (χ2n) is 2.78. The third kappa shape index (κ3) is 4.43. The van der Waals surface area contributed by atoms with Crippen molar-refractivity contribution in [2.45, 2.75) is 17.4 Å². The summed E-state index contributed by atoms with van der Waals surface area (Å²) in [6.45, 7) is -0.494. The largest absolute Gasteiger partial charge is 0.476 e. The van der Waals surface area contributed by atoms with Gasteiger partial charge in [-0.15, -0.1) is 0 Å². The second-order valence-corrected chi connectivity index (χ2v) is 4.55. The van der Waals surface area contributed by atoms with E-state index in [2.05, 4.69) is 21.7 Å². The summed E-state index contributed by atoms with van der Waals surface area (Å²) in [5.74, 6) is 0. The number of hydrogen-bond acceptors (Lipinski definition) is 4. The zero-order valence-electron chi connectivity index (χ0n) is 8.69. The monoisotopic (exact) mass is 320 g/mol. The first-order chi connectivity index (χ1) is 7.95. The Hall–Kier alpha value is -0.290. The fourth-order valence-corrected chi connectivity index (χ4v) is 1.66. The van der Waals surface area contributed by atoms with Crippen molar-refractivity contribution in [1.29, 1.82) is 0 Å². The van der Waals surface area contributed by atoms with Crippen molar-refractivity contribution in [1.82, 2.24) is 0 Å². The molecule has 0 spiro atoms. The Morgan fingerprint density at radius 1 is 1.00 bits per heavy atom. The Labute approximate surface area is 107 Å². The minimum atomic E-state index is -6.16. The van der Waals surface area contributed by atoms with Crippen LogP contribution in [0.1, 0.15) is 0 Å². The van der Waals surface area contributed by atoms with Crippen LogP contribution >= 0.6 is 24.0 Å². The average Bonchev–Trinajstić information content (AvgIpc) is 2.14. The molecule has 0 aromatic heterocycles. The summed E-state index contributed by atoms with van der Waals surface area (Å²) >= 11 is 2.85. The summed E-state index contributed by atoms with van der Waals surface area (Å²) in [6, 6.07) is 0. The molecular weight excluding hydrogens is 313 g/mol. The number of hydrogen-bond donors (Lipinski definition) is 0. The SMILES string of the molecule is COCCOC(=S)SC(F)(C(F)(F)F)C(F)(F)F. The quantitative estimate of drug-likeness (QED) is 0.448. The zero-order chi connectivity index (χ0) is 14.6. The summed E-state index contributed by atoms with van der Waals surface area (Å²) in [6.07, 6.45) is -12.3. The maximum Gasteiger partial charge on any atom is 0.442 e. The van der Waals surface area contributed by atoms with E-state index >= 15 is 0 Å². The van der Waals surface area contributed by atoms with E-state index in [-0.39, 0.29) is 13.2 Å². The second kappa shape index (κ2) is 6.24. The minimum absolute atomic E-state index is 0.113. The molecule has 0 saturated heterocycles. The van der Waals surface area contributed by atoms with Crippen LogP contribution in [0.15, 0.2) is 0 Å². The van der Waals surface area contributed by atoms with Gasteiger partial charge in [-0.2, -0.15) is 26.3 Å². The molecule has 11 heteroatoms. The molecule has 108 valence electrons. The minimum Gasteiger partial charge on any atom is -0.476 e. The molecule has 18 heavy (non-hydrogen) atoms. The number of thioether (sulfide) groups is 1. The molecule has 0 rings (SSSR count). The van der Waals surface area contributed by atoms with Crippen molar-refractivity contribution in [3.8, 4) is 0 Å². The van der Waals surface area contributed by atoms with Crippen LogP contribution in [0.5, 0.6) is 0 Å². The maximum atomic E-state index is 13.1. The summed E-state index contributed by atoms with van der Waals surface area (Å²) in [7, 11) is 1.23. The van der Waals surface area contributed by atoms with Crippen LogP contribution in [0.2, 0.25) is 0 Å². The first-order valence-corrected chi connectivity index (χ1v) is 5.35. The topological polar surface area (TPSA) is 18.5 Å². The molecule has 0 fully saturated rings. The number of alkyl halides is 7. The highest BCUT2D eigenvalue weighted by Gasteiger charge is 2.74. The van der Waals surface area contributed by atoms with Gasteiger partial charge in [-0.25, -0.2) is 4.39 Å². The van der Waals surface area contributed by atoms with Gasteiger partial charge in [-0.05, 0) is 24.0 Å². The predicted octanol–water partition coefficient (Wildman–Crippen LogP) is 3.46. The third-order valence-corrected chi connectivity index (χ3v) is 2.86. The molecule has 0 aromatic carbocycles. The van der Waals surface area contributed by atoms with Gasteiger partial charge in [0.2, 0.25) is 4.38 Å². The van der Waals surface area contributed by atoms with Crippen LogP contribution in [0, 0.1) is 0 Å². The number of methoxy groups -OCH3 is 1. The predicted molar refractivity (Wildman–Crippen MR) is 54.0 cm³/mol. The Kier molecular flexibility index (Phi) is 6.14. The van der Waals surface area contributed by atoms with Crippen LogP contribution in [0.4, 0.5) is 30.7 Å². The Morgan fingerprint density at radius 3 is 1.78 bits per heavy atom. The van der Waals surface area contributed by atoms with Gasteiger partial charge in [0.1, 0.15) is 6.61 Å². The molecule has 0 unspecified atom stereocenters. The molecule has 0 radical (unpaired) electrons. The smallest absolute Gasteiger partial charge is 0.442 e. The van der Waals surface area contributed by atoms with Crippen molar-refractivity contribution in [3.05, 3.63) is 0 Å². The van der Waals surface area contributed by atoms with Crippen LogP contribution in [-0.2, 0) is 9.47 Å². The number of thiocarbonyl (C=S) groups is 1. The van der Waals surface area contributed by atoms with Gasteiger partial charge in [0.25, 0.3) is 0 Å². The van der Waals surface area contributed by atoms with Crippen molar-refractivity contribution in [3.63, 3.8) is 0 Å². The van der Waals surface area contributed by atoms with Gasteiger partial charge in [0, 0.05) is 7.11 Å². The van der Waals surface area contributed by atoms with Gasteiger partial charge in [-0.3, -0.25) is 0 Å². The molecule has 0 saturated carbocycles. The van der Waals surface area contributed by atoms with Gasteiger partial charge < -0.3 is 9.47 Å². The lowest BCUT2D eigenvalue weighted by molar-refractivity contribution is -0.302. The molecule has 2 nitrogen and oxygen atoms in total. The number of halogens is 7. The summed E-state index contributed by atoms with van der Waals surface area (Å²) in [5.41, 5.74) is 0. The Morgan fingerprint density at radius 2 is 1.44 bits per heavy atom.